The molecular formula is C14H25NO2. The molecular weight excluding hydrogens is 214 g/mol. The van der Waals surface area contributed by atoms with Crippen LogP contribution in [0.4, 0.5) is 0 Å². The first kappa shape index (κ1) is 12.9. The highest BCUT2D eigenvalue weighted by Crippen LogP contribution is 2.43. The predicted molar refractivity (Wildman–Crippen MR) is 67.8 cm³/mol. The molecule has 1 heterocycles. The fourth-order valence-corrected chi connectivity index (χ4v) is 2.86. The van der Waals surface area contributed by atoms with Crippen LogP contribution in [-0.4, -0.2) is 24.2 Å². The molecule has 2 fully saturated rings. The maximum Gasteiger partial charge on any atom is 0.225 e. The lowest BCUT2D eigenvalue weighted by molar-refractivity contribution is -0.217. The van der Waals surface area contributed by atoms with Crippen LogP contribution in [-0.2, 0) is 9.53 Å². The normalized spacial score (nSPS) is 27.6. The molecule has 2 rings (SSSR count). The molecule has 3 nitrogen and oxygen atoms in total. The van der Waals surface area contributed by atoms with Gasteiger partial charge in [0.05, 0.1) is 11.7 Å². The molecule has 1 amide bonds. The minimum atomic E-state index is -0.299. The first-order chi connectivity index (χ1) is 7.91. The third-order valence-electron chi connectivity index (χ3n) is 3.95. The SMILES string of the molecule is CC(C)(C)C(=O)NCC1CC2(CCCCC2)O1. The number of hydrogen-bond donors (Lipinski definition) is 1. The standard InChI is InChI=1S/C14H25NO2/c1-13(2,3)12(16)15-10-11-9-14(17-11)7-5-4-6-8-14/h11H,4-10H2,1-3H3,(H,15,16). The van der Waals surface area contributed by atoms with Gasteiger partial charge in [0.25, 0.3) is 0 Å². The first-order valence-corrected chi connectivity index (χ1v) is 6.87. The van der Waals surface area contributed by atoms with Crippen molar-refractivity contribution in [3.8, 4) is 0 Å². The highest BCUT2D eigenvalue weighted by atomic mass is 16.5. The van der Waals surface area contributed by atoms with Crippen LogP contribution in [0.25, 0.3) is 0 Å². The van der Waals surface area contributed by atoms with Gasteiger partial charge in [-0.3, -0.25) is 4.79 Å². The van der Waals surface area contributed by atoms with Crippen LogP contribution < -0.4 is 5.32 Å². The molecule has 1 spiro atoms. The molecule has 3 heteroatoms. The topological polar surface area (TPSA) is 38.3 Å². The van der Waals surface area contributed by atoms with E-state index in [2.05, 4.69) is 5.32 Å². The third-order valence-corrected chi connectivity index (χ3v) is 3.95. The van der Waals surface area contributed by atoms with Gasteiger partial charge >= 0.3 is 0 Å². The van der Waals surface area contributed by atoms with E-state index in [0.717, 1.165) is 6.42 Å². The maximum atomic E-state index is 11.7. The zero-order valence-electron chi connectivity index (χ0n) is 11.3. The van der Waals surface area contributed by atoms with Crippen molar-refractivity contribution in [1.29, 1.82) is 0 Å². The van der Waals surface area contributed by atoms with E-state index in [0.29, 0.717) is 6.54 Å². The average Bonchev–Trinajstić information content (AvgIpc) is 2.23. The lowest BCUT2D eigenvalue weighted by Crippen LogP contribution is -2.56. The number of hydrogen-bond acceptors (Lipinski definition) is 2. The van der Waals surface area contributed by atoms with Crippen LogP contribution >= 0.6 is 0 Å². The van der Waals surface area contributed by atoms with Crippen molar-refractivity contribution in [2.45, 2.75) is 71.0 Å². The number of ether oxygens (including phenoxy) is 1. The first-order valence-electron chi connectivity index (χ1n) is 6.87. The molecule has 1 saturated carbocycles. The zero-order valence-corrected chi connectivity index (χ0v) is 11.3. The van der Waals surface area contributed by atoms with Gasteiger partial charge in [0, 0.05) is 18.4 Å². The van der Waals surface area contributed by atoms with Crippen molar-refractivity contribution in [1.82, 2.24) is 5.32 Å². The Hall–Kier alpha value is -0.570. The van der Waals surface area contributed by atoms with Crippen LogP contribution in [0, 0.1) is 5.41 Å². The molecule has 1 atom stereocenters. The lowest BCUT2D eigenvalue weighted by Gasteiger charge is -2.50. The predicted octanol–water partition coefficient (Wildman–Crippen LogP) is 2.64. The Morgan fingerprint density at radius 3 is 2.41 bits per heavy atom. The minimum Gasteiger partial charge on any atom is -0.370 e. The summed E-state index contributed by atoms with van der Waals surface area (Å²) >= 11 is 0. The van der Waals surface area contributed by atoms with Gasteiger partial charge < -0.3 is 10.1 Å². The maximum absolute atomic E-state index is 11.7. The van der Waals surface area contributed by atoms with Crippen molar-refractivity contribution >= 4 is 5.91 Å². The molecule has 1 unspecified atom stereocenters. The summed E-state index contributed by atoms with van der Waals surface area (Å²) in [5.74, 6) is 0.116. The second-order valence-electron chi connectivity index (χ2n) is 6.65. The highest BCUT2D eigenvalue weighted by molar-refractivity contribution is 5.81. The van der Waals surface area contributed by atoms with Crippen LogP contribution in [0.3, 0.4) is 0 Å². The second-order valence-corrected chi connectivity index (χ2v) is 6.65. The average molecular weight is 239 g/mol. The number of carbonyl (C=O) groups is 1. The van der Waals surface area contributed by atoms with Crippen LogP contribution in [0.2, 0.25) is 0 Å². The van der Waals surface area contributed by atoms with E-state index in [9.17, 15) is 4.79 Å². The van der Waals surface area contributed by atoms with Gasteiger partial charge in [-0.15, -0.1) is 0 Å². The van der Waals surface area contributed by atoms with Crippen molar-refractivity contribution in [2.24, 2.45) is 5.41 Å². The summed E-state index contributed by atoms with van der Waals surface area (Å²) < 4.78 is 6.02. The van der Waals surface area contributed by atoms with Crippen molar-refractivity contribution in [3.05, 3.63) is 0 Å². The Morgan fingerprint density at radius 1 is 1.29 bits per heavy atom. The highest BCUT2D eigenvalue weighted by Gasteiger charge is 2.45. The molecule has 0 radical (unpaired) electrons. The van der Waals surface area contributed by atoms with E-state index in [1.54, 1.807) is 0 Å². The summed E-state index contributed by atoms with van der Waals surface area (Å²) in [6, 6.07) is 0. The van der Waals surface area contributed by atoms with E-state index in [-0.39, 0.29) is 23.0 Å². The Balaban J connectivity index is 1.69. The van der Waals surface area contributed by atoms with Crippen LogP contribution in [0.15, 0.2) is 0 Å². The molecule has 2 aliphatic rings. The molecule has 98 valence electrons. The van der Waals surface area contributed by atoms with Gasteiger partial charge in [-0.1, -0.05) is 40.0 Å². The molecule has 1 N–H and O–H groups in total. The quantitative estimate of drug-likeness (QED) is 0.804. The van der Waals surface area contributed by atoms with Gasteiger partial charge in [0.2, 0.25) is 5.91 Å². The van der Waals surface area contributed by atoms with E-state index >= 15 is 0 Å². The molecule has 17 heavy (non-hydrogen) atoms. The molecule has 1 saturated heterocycles. The summed E-state index contributed by atoms with van der Waals surface area (Å²) in [5, 5.41) is 2.98. The monoisotopic (exact) mass is 239 g/mol. The largest absolute Gasteiger partial charge is 0.370 e. The summed E-state index contributed by atoms with van der Waals surface area (Å²) in [4.78, 5) is 11.7. The Bertz CT molecular complexity index is 279. The Kier molecular flexibility index (Phi) is 3.48. The second kappa shape index (κ2) is 4.60. The van der Waals surface area contributed by atoms with Crippen molar-refractivity contribution in [3.63, 3.8) is 0 Å². The number of rotatable bonds is 2. The van der Waals surface area contributed by atoms with E-state index in [1.165, 1.54) is 32.1 Å². The zero-order chi connectivity index (χ0) is 12.5. The van der Waals surface area contributed by atoms with Gasteiger partial charge in [-0.2, -0.15) is 0 Å². The third kappa shape index (κ3) is 3.01. The molecule has 1 aliphatic carbocycles. The van der Waals surface area contributed by atoms with Gasteiger partial charge in [-0.05, 0) is 12.8 Å². The fraction of sp³-hybridized carbons (Fsp3) is 0.929. The number of amides is 1. The van der Waals surface area contributed by atoms with Gasteiger partial charge in [0.15, 0.2) is 0 Å². The number of nitrogens with one attached hydrogen (secondary N) is 1. The van der Waals surface area contributed by atoms with E-state index in [1.807, 2.05) is 20.8 Å². The molecule has 0 bridgehead atoms. The Morgan fingerprint density at radius 2 is 1.88 bits per heavy atom. The van der Waals surface area contributed by atoms with Crippen LogP contribution in [0.1, 0.15) is 59.3 Å². The molecule has 0 aromatic rings. The van der Waals surface area contributed by atoms with Crippen molar-refractivity contribution < 1.29 is 9.53 Å². The summed E-state index contributed by atoms with van der Waals surface area (Å²) in [6.07, 6.45) is 7.79. The van der Waals surface area contributed by atoms with E-state index in [4.69, 9.17) is 4.74 Å². The smallest absolute Gasteiger partial charge is 0.225 e. The van der Waals surface area contributed by atoms with E-state index < -0.39 is 0 Å². The van der Waals surface area contributed by atoms with Gasteiger partial charge in [-0.25, -0.2) is 0 Å². The van der Waals surface area contributed by atoms with Crippen molar-refractivity contribution in [2.75, 3.05) is 6.54 Å². The van der Waals surface area contributed by atoms with Gasteiger partial charge in [0.1, 0.15) is 0 Å². The molecule has 0 aromatic carbocycles. The summed E-state index contributed by atoms with van der Waals surface area (Å²) in [6.45, 7) is 6.49. The Labute approximate surface area is 104 Å². The molecule has 1 aliphatic heterocycles. The summed E-state index contributed by atoms with van der Waals surface area (Å²) in [5.41, 5.74) is -0.109. The summed E-state index contributed by atoms with van der Waals surface area (Å²) in [7, 11) is 0. The van der Waals surface area contributed by atoms with Crippen LogP contribution in [0.5, 0.6) is 0 Å². The minimum absolute atomic E-state index is 0.116. The lowest BCUT2D eigenvalue weighted by atomic mass is 9.76. The molecule has 0 aromatic heterocycles. The fourth-order valence-electron chi connectivity index (χ4n) is 2.86. The number of carbonyl (C=O) groups excluding carboxylic acids is 1.